The molecule has 5 rings (SSSR count). The second-order valence-electron chi connectivity index (χ2n) is 10.3. The zero-order chi connectivity index (χ0) is 25.3. The first-order chi connectivity index (χ1) is 18.2. The van der Waals surface area contributed by atoms with Crippen molar-refractivity contribution in [2.24, 2.45) is 0 Å². The molecule has 1 atom stereocenters. The van der Waals surface area contributed by atoms with E-state index in [1.165, 1.54) is 22.3 Å². The van der Waals surface area contributed by atoms with Crippen molar-refractivity contribution in [1.29, 1.82) is 0 Å². The predicted molar refractivity (Wildman–Crippen MR) is 155 cm³/mol. The summed E-state index contributed by atoms with van der Waals surface area (Å²) in [6.45, 7) is 6.12. The van der Waals surface area contributed by atoms with E-state index in [0.717, 1.165) is 45.7 Å². The average Bonchev–Trinajstić information content (AvgIpc) is 2.97. The summed E-state index contributed by atoms with van der Waals surface area (Å²) in [7, 11) is 2.22. The molecule has 1 fully saturated rings. The second-order valence-corrected chi connectivity index (χ2v) is 10.3. The van der Waals surface area contributed by atoms with Crippen molar-refractivity contribution in [1.82, 2.24) is 9.80 Å². The zero-order valence-corrected chi connectivity index (χ0v) is 22.9. The van der Waals surface area contributed by atoms with Crippen LogP contribution in [0.5, 0.6) is 0 Å². The largest absolute Gasteiger partial charge is 1.00 e. The molecule has 1 saturated heterocycles. The molecule has 190 valence electrons. The van der Waals surface area contributed by atoms with Gasteiger partial charge in [-0.2, -0.15) is 0 Å². The molecule has 0 bridgehead atoms. The van der Waals surface area contributed by atoms with Crippen LogP contribution < -0.4 is 18.9 Å². The van der Waals surface area contributed by atoms with Gasteiger partial charge < -0.3 is 15.1 Å². The topological polar surface area (TPSA) is 20.6 Å². The Hall–Kier alpha value is -2.64. The average molecular weight is 496 g/mol. The van der Waals surface area contributed by atoms with Gasteiger partial charge in [0.15, 0.2) is 0 Å². The summed E-state index contributed by atoms with van der Waals surface area (Å²) < 4.78 is 0. The SMILES string of the molecule is CN1CCN(C[C@H]([N-]CC(Cc2ccccc2)(c2ccccc2)c2ccccc2)c2ccccc2)CC1.[Li+]. The number of hydrogen-bond acceptors (Lipinski definition) is 2. The van der Waals surface area contributed by atoms with E-state index in [-0.39, 0.29) is 30.3 Å². The van der Waals surface area contributed by atoms with Gasteiger partial charge in [-0.25, -0.2) is 0 Å². The Morgan fingerprint density at radius 3 is 1.66 bits per heavy atom. The maximum atomic E-state index is 5.57. The van der Waals surface area contributed by atoms with Crippen LogP contribution in [0.25, 0.3) is 5.32 Å². The molecule has 0 radical (unpaired) electrons. The first-order valence-corrected chi connectivity index (χ1v) is 13.5. The molecule has 3 nitrogen and oxygen atoms in total. The van der Waals surface area contributed by atoms with Gasteiger partial charge >= 0.3 is 18.9 Å². The molecule has 0 aromatic heterocycles. The van der Waals surface area contributed by atoms with Gasteiger partial charge in [0.25, 0.3) is 0 Å². The van der Waals surface area contributed by atoms with E-state index in [1.807, 2.05) is 0 Å². The molecule has 0 unspecified atom stereocenters. The molecular formula is C34H38LiN3. The normalized spacial score (nSPS) is 15.5. The van der Waals surface area contributed by atoms with E-state index in [9.17, 15) is 0 Å². The quantitative estimate of drug-likeness (QED) is 0.314. The molecule has 1 aliphatic heterocycles. The van der Waals surface area contributed by atoms with E-state index in [0.29, 0.717) is 0 Å². The van der Waals surface area contributed by atoms with Crippen LogP contribution in [0.3, 0.4) is 0 Å². The summed E-state index contributed by atoms with van der Waals surface area (Å²) in [5.74, 6) is 0. The number of piperazine rings is 1. The molecule has 0 saturated carbocycles. The fourth-order valence-corrected chi connectivity index (χ4v) is 5.55. The molecule has 4 aromatic carbocycles. The first kappa shape index (κ1) is 28.4. The number of benzene rings is 4. The number of rotatable bonds is 10. The van der Waals surface area contributed by atoms with E-state index < -0.39 is 0 Å². The van der Waals surface area contributed by atoms with Crippen molar-refractivity contribution < 1.29 is 18.9 Å². The number of likely N-dealkylation sites (N-methyl/N-ethyl adjacent to an activating group) is 1. The predicted octanol–water partition coefficient (Wildman–Crippen LogP) is 3.58. The molecule has 1 heterocycles. The van der Waals surface area contributed by atoms with Gasteiger partial charge in [0.2, 0.25) is 0 Å². The second kappa shape index (κ2) is 13.9. The summed E-state index contributed by atoms with van der Waals surface area (Å²) in [5.41, 5.74) is 5.02. The number of nitrogens with zero attached hydrogens (tertiary/aromatic N) is 3. The van der Waals surface area contributed by atoms with Gasteiger partial charge in [0.1, 0.15) is 0 Å². The fraction of sp³-hybridized carbons (Fsp3) is 0.294. The first-order valence-electron chi connectivity index (χ1n) is 13.5. The Labute approximate surface area is 241 Å². The van der Waals surface area contributed by atoms with Gasteiger partial charge in [0, 0.05) is 31.6 Å². The maximum Gasteiger partial charge on any atom is 1.00 e. The monoisotopic (exact) mass is 495 g/mol. The summed E-state index contributed by atoms with van der Waals surface area (Å²) >= 11 is 0. The van der Waals surface area contributed by atoms with Crippen LogP contribution in [0.2, 0.25) is 0 Å². The van der Waals surface area contributed by atoms with Crippen molar-refractivity contribution in [3.63, 3.8) is 0 Å². The zero-order valence-electron chi connectivity index (χ0n) is 22.9. The Balaban J connectivity index is 0.00000336. The van der Waals surface area contributed by atoms with Gasteiger partial charge in [-0.1, -0.05) is 133 Å². The third kappa shape index (κ3) is 7.06. The fourth-order valence-electron chi connectivity index (χ4n) is 5.55. The third-order valence-corrected chi connectivity index (χ3v) is 7.79. The van der Waals surface area contributed by atoms with Gasteiger partial charge in [-0.15, -0.1) is 6.54 Å². The minimum Gasteiger partial charge on any atom is -0.654 e. The van der Waals surface area contributed by atoms with Crippen molar-refractivity contribution >= 4 is 0 Å². The summed E-state index contributed by atoms with van der Waals surface area (Å²) in [6.07, 6.45) is 0.904. The molecule has 0 spiro atoms. The van der Waals surface area contributed by atoms with Crippen molar-refractivity contribution in [3.05, 3.63) is 149 Å². The molecular weight excluding hydrogens is 457 g/mol. The standard InChI is InChI=1S/C34H38N3.Li/c1-36-22-24-37(25-23-36)27-33(30-16-8-3-9-17-30)35-28-34(31-18-10-4-11-19-31,32-20-12-5-13-21-32)26-29-14-6-2-7-15-29;/h2-21,33H,22-28H2,1H3;/q-1;+1/t33-;/m0./s1. The summed E-state index contributed by atoms with van der Waals surface area (Å²) in [4.78, 5) is 5.01. The number of hydrogen-bond donors (Lipinski definition) is 0. The Kier molecular flexibility index (Phi) is 10.4. The Bertz CT molecular complexity index is 1150. The van der Waals surface area contributed by atoms with Gasteiger partial charge in [0.05, 0.1) is 0 Å². The van der Waals surface area contributed by atoms with Crippen LogP contribution >= 0.6 is 0 Å². The van der Waals surface area contributed by atoms with Crippen LogP contribution in [-0.2, 0) is 11.8 Å². The van der Waals surface area contributed by atoms with Crippen LogP contribution in [0, 0.1) is 0 Å². The molecule has 4 heteroatoms. The van der Waals surface area contributed by atoms with E-state index in [2.05, 4.69) is 138 Å². The Morgan fingerprint density at radius 1 is 0.658 bits per heavy atom. The van der Waals surface area contributed by atoms with Crippen LogP contribution in [0.15, 0.2) is 121 Å². The molecule has 38 heavy (non-hydrogen) atoms. The van der Waals surface area contributed by atoms with E-state index in [4.69, 9.17) is 5.32 Å². The molecule has 0 N–H and O–H groups in total. The van der Waals surface area contributed by atoms with Crippen molar-refractivity contribution in [2.45, 2.75) is 17.9 Å². The third-order valence-electron chi connectivity index (χ3n) is 7.79. The minimum absolute atomic E-state index is 0. The van der Waals surface area contributed by atoms with Crippen LogP contribution in [0.4, 0.5) is 0 Å². The smallest absolute Gasteiger partial charge is 0.654 e. The Morgan fingerprint density at radius 2 is 1.13 bits per heavy atom. The van der Waals surface area contributed by atoms with E-state index >= 15 is 0 Å². The molecule has 1 aliphatic rings. The summed E-state index contributed by atoms with van der Waals surface area (Å²) in [5, 5.41) is 5.57. The molecule has 0 aliphatic carbocycles. The van der Waals surface area contributed by atoms with Gasteiger partial charge in [-0.05, 0) is 36.7 Å². The molecule has 4 aromatic rings. The van der Waals surface area contributed by atoms with Crippen molar-refractivity contribution in [3.8, 4) is 0 Å². The van der Waals surface area contributed by atoms with Crippen LogP contribution in [0.1, 0.15) is 28.3 Å². The maximum absolute atomic E-state index is 5.57. The van der Waals surface area contributed by atoms with Crippen molar-refractivity contribution in [2.75, 3.05) is 46.3 Å². The summed E-state index contributed by atoms with van der Waals surface area (Å²) in [6, 6.07) is 43.9. The van der Waals surface area contributed by atoms with Crippen LogP contribution in [-0.4, -0.2) is 56.1 Å². The molecule has 0 amide bonds. The van der Waals surface area contributed by atoms with Gasteiger partial charge in [-0.3, -0.25) is 0 Å². The minimum atomic E-state index is -0.251. The van der Waals surface area contributed by atoms with E-state index in [1.54, 1.807) is 0 Å².